The molecule has 0 aliphatic carbocycles. The third-order valence-electron chi connectivity index (χ3n) is 5.03. The van der Waals surface area contributed by atoms with Gasteiger partial charge in [-0.2, -0.15) is 5.10 Å². The number of hydrogen-bond acceptors (Lipinski definition) is 3. The second-order valence-corrected chi connectivity index (χ2v) is 7.21. The van der Waals surface area contributed by atoms with Crippen LogP contribution >= 0.6 is 0 Å². The Kier molecular flexibility index (Phi) is 5.03. The fourth-order valence-corrected chi connectivity index (χ4v) is 3.51. The number of carbonyl (C=O) groups excluding carboxylic acids is 1. The minimum Gasteiger partial charge on any atom is -0.348 e. The summed E-state index contributed by atoms with van der Waals surface area (Å²) in [6.45, 7) is 2.71. The largest absolute Gasteiger partial charge is 0.348 e. The zero-order valence-corrected chi connectivity index (χ0v) is 15.5. The van der Waals surface area contributed by atoms with E-state index in [1.54, 1.807) is 0 Å². The van der Waals surface area contributed by atoms with Crippen molar-refractivity contribution in [2.24, 2.45) is 0 Å². The third-order valence-corrected chi connectivity index (χ3v) is 5.03. The van der Waals surface area contributed by atoms with Crippen molar-refractivity contribution in [2.45, 2.75) is 19.0 Å². The van der Waals surface area contributed by atoms with Crippen molar-refractivity contribution in [3.8, 4) is 11.1 Å². The van der Waals surface area contributed by atoms with Gasteiger partial charge in [-0.15, -0.1) is 0 Å². The number of aromatic nitrogens is 2. The molecule has 4 rings (SSSR count). The van der Waals surface area contributed by atoms with Crippen molar-refractivity contribution >= 4 is 5.91 Å². The van der Waals surface area contributed by atoms with Gasteiger partial charge in [0.1, 0.15) is 0 Å². The van der Waals surface area contributed by atoms with Crippen molar-refractivity contribution < 1.29 is 4.79 Å². The van der Waals surface area contributed by atoms with E-state index in [0.717, 1.165) is 37.2 Å². The van der Waals surface area contributed by atoms with E-state index in [0.29, 0.717) is 5.56 Å². The predicted molar refractivity (Wildman–Crippen MR) is 107 cm³/mol. The lowest BCUT2D eigenvalue weighted by atomic mass is 10.1. The average Bonchev–Trinajstić information content (AvgIpc) is 3.32. The van der Waals surface area contributed by atoms with Crippen LogP contribution in [0.1, 0.15) is 22.3 Å². The highest BCUT2D eigenvalue weighted by atomic mass is 16.1. The maximum Gasteiger partial charge on any atom is 0.251 e. The molecule has 3 aromatic rings. The molecule has 2 aromatic carbocycles. The van der Waals surface area contributed by atoms with Crippen LogP contribution in [0.25, 0.3) is 11.1 Å². The molecule has 0 saturated carbocycles. The van der Waals surface area contributed by atoms with E-state index in [1.807, 2.05) is 59.5 Å². The Labute approximate surface area is 159 Å². The summed E-state index contributed by atoms with van der Waals surface area (Å²) in [6.07, 6.45) is 4.92. The minimum atomic E-state index is 0.00150. The van der Waals surface area contributed by atoms with Crippen LogP contribution in [0.2, 0.25) is 0 Å². The van der Waals surface area contributed by atoms with Crippen molar-refractivity contribution in [1.82, 2.24) is 20.0 Å². The Morgan fingerprint density at radius 3 is 2.59 bits per heavy atom. The highest BCUT2D eigenvalue weighted by molar-refractivity contribution is 5.94. The molecule has 138 valence electrons. The first-order valence-electron chi connectivity index (χ1n) is 9.33. The highest BCUT2D eigenvalue weighted by Gasteiger charge is 2.21. The molecular weight excluding hydrogens is 336 g/mol. The lowest BCUT2D eigenvalue weighted by molar-refractivity contribution is 0.0938. The van der Waals surface area contributed by atoms with Gasteiger partial charge in [-0.25, -0.2) is 0 Å². The first kappa shape index (κ1) is 17.5. The lowest BCUT2D eigenvalue weighted by Crippen LogP contribution is -2.36. The van der Waals surface area contributed by atoms with Gasteiger partial charge in [0.25, 0.3) is 5.91 Å². The van der Waals surface area contributed by atoms with Crippen LogP contribution in [0.15, 0.2) is 67.0 Å². The predicted octanol–water partition coefficient (Wildman–Crippen LogP) is 3.03. The molecule has 0 bridgehead atoms. The summed E-state index contributed by atoms with van der Waals surface area (Å²) in [5, 5.41) is 7.57. The minimum absolute atomic E-state index is 0.00150. The SMILES string of the molecule is CN1CC[C@H](NC(=O)c2ccc(-c3cnn(Cc4ccccc4)c3)cc2)C1. The molecule has 5 heteroatoms. The third kappa shape index (κ3) is 4.26. The number of rotatable bonds is 5. The summed E-state index contributed by atoms with van der Waals surface area (Å²) in [5.41, 5.74) is 4.03. The number of hydrogen-bond donors (Lipinski definition) is 1. The molecular formula is C22H24N4O. The van der Waals surface area contributed by atoms with Crippen LogP contribution in [0.3, 0.4) is 0 Å². The maximum absolute atomic E-state index is 12.4. The quantitative estimate of drug-likeness (QED) is 0.761. The van der Waals surface area contributed by atoms with Crippen LogP contribution in [-0.4, -0.2) is 46.8 Å². The number of benzene rings is 2. The van der Waals surface area contributed by atoms with Gasteiger partial charge in [0.2, 0.25) is 0 Å². The van der Waals surface area contributed by atoms with Crippen LogP contribution in [-0.2, 0) is 6.54 Å². The van der Waals surface area contributed by atoms with E-state index in [4.69, 9.17) is 0 Å². The number of amides is 1. The second kappa shape index (κ2) is 7.76. The van der Waals surface area contributed by atoms with Crippen LogP contribution in [0.4, 0.5) is 0 Å². The highest BCUT2D eigenvalue weighted by Crippen LogP contribution is 2.20. The zero-order chi connectivity index (χ0) is 18.6. The van der Waals surface area contributed by atoms with Gasteiger partial charge in [-0.3, -0.25) is 9.48 Å². The van der Waals surface area contributed by atoms with Gasteiger partial charge in [0.05, 0.1) is 12.7 Å². The molecule has 1 aliphatic heterocycles. The molecule has 1 atom stereocenters. The number of likely N-dealkylation sites (N-methyl/N-ethyl adjacent to an activating group) is 1. The van der Waals surface area contributed by atoms with Gasteiger partial charge in [-0.1, -0.05) is 42.5 Å². The van der Waals surface area contributed by atoms with Gasteiger partial charge in [0.15, 0.2) is 0 Å². The fourth-order valence-electron chi connectivity index (χ4n) is 3.51. The molecule has 2 heterocycles. The van der Waals surface area contributed by atoms with E-state index in [2.05, 4.69) is 34.5 Å². The Hall–Kier alpha value is -2.92. The zero-order valence-electron chi connectivity index (χ0n) is 15.5. The fraction of sp³-hybridized carbons (Fsp3) is 0.273. The topological polar surface area (TPSA) is 50.2 Å². The molecule has 1 saturated heterocycles. The van der Waals surface area contributed by atoms with Crippen molar-refractivity contribution in [2.75, 3.05) is 20.1 Å². The molecule has 5 nitrogen and oxygen atoms in total. The summed E-state index contributed by atoms with van der Waals surface area (Å²) in [4.78, 5) is 14.7. The first-order chi connectivity index (χ1) is 13.2. The van der Waals surface area contributed by atoms with E-state index >= 15 is 0 Å². The summed E-state index contributed by atoms with van der Waals surface area (Å²) in [6, 6.07) is 18.3. The van der Waals surface area contributed by atoms with Crippen LogP contribution in [0, 0.1) is 0 Å². The van der Waals surface area contributed by atoms with E-state index < -0.39 is 0 Å². The number of nitrogens with one attached hydrogen (secondary N) is 1. The smallest absolute Gasteiger partial charge is 0.251 e. The second-order valence-electron chi connectivity index (χ2n) is 7.21. The molecule has 1 aromatic heterocycles. The van der Waals surface area contributed by atoms with E-state index in [9.17, 15) is 4.79 Å². The molecule has 0 spiro atoms. The summed E-state index contributed by atoms with van der Waals surface area (Å²) >= 11 is 0. The van der Waals surface area contributed by atoms with Crippen LogP contribution < -0.4 is 5.32 Å². The monoisotopic (exact) mass is 360 g/mol. The van der Waals surface area contributed by atoms with Gasteiger partial charge in [0, 0.05) is 29.9 Å². The van der Waals surface area contributed by atoms with Gasteiger partial charge in [-0.05, 0) is 43.3 Å². The molecule has 0 radical (unpaired) electrons. The molecule has 1 amide bonds. The van der Waals surface area contributed by atoms with Gasteiger partial charge >= 0.3 is 0 Å². The molecule has 1 N–H and O–H groups in total. The molecule has 1 aliphatic rings. The lowest BCUT2D eigenvalue weighted by Gasteiger charge is -2.13. The Bertz CT molecular complexity index is 902. The Morgan fingerprint density at radius 2 is 1.89 bits per heavy atom. The molecule has 27 heavy (non-hydrogen) atoms. The maximum atomic E-state index is 12.4. The first-order valence-corrected chi connectivity index (χ1v) is 9.33. The molecule has 0 unspecified atom stereocenters. The average molecular weight is 360 g/mol. The number of carbonyl (C=O) groups is 1. The normalized spacial score (nSPS) is 17.1. The van der Waals surface area contributed by atoms with E-state index in [1.165, 1.54) is 5.56 Å². The van der Waals surface area contributed by atoms with Gasteiger partial charge < -0.3 is 10.2 Å². The summed E-state index contributed by atoms with van der Waals surface area (Å²) < 4.78 is 1.93. The van der Waals surface area contributed by atoms with Crippen molar-refractivity contribution in [3.63, 3.8) is 0 Å². The standard InChI is InChI=1S/C22H24N4O/c1-25-12-11-21(16-25)24-22(27)19-9-7-18(8-10-19)20-13-23-26(15-20)14-17-5-3-2-4-6-17/h2-10,13,15,21H,11-12,14,16H2,1H3,(H,24,27)/t21-/m0/s1. The Morgan fingerprint density at radius 1 is 1.11 bits per heavy atom. The summed E-state index contributed by atoms with van der Waals surface area (Å²) in [5.74, 6) is 0.00150. The van der Waals surface area contributed by atoms with Crippen molar-refractivity contribution in [1.29, 1.82) is 0 Å². The van der Waals surface area contributed by atoms with Crippen molar-refractivity contribution in [3.05, 3.63) is 78.1 Å². The van der Waals surface area contributed by atoms with Crippen LogP contribution in [0.5, 0.6) is 0 Å². The number of likely N-dealkylation sites (tertiary alicyclic amines) is 1. The number of nitrogens with zero attached hydrogens (tertiary/aromatic N) is 3. The summed E-state index contributed by atoms with van der Waals surface area (Å²) in [7, 11) is 2.08. The van der Waals surface area contributed by atoms with E-state index in [-0.39, 0.29) is 11.9 Å². The molecule has 1 fully saturated rings. The Balaban J connectivity index is 1.41.